The SMILES string of the molecule is CCCCCCNS(=O)(=O)c1ccc(CC)s1. The van der Waals surface area contributed by atoms with E-state index in [1.807, 2.05) is 13.0 Å². The molecular formula is C12H21NO2S2. The molecule has 0 unspecified atom stereocenters. The van der Waals surface area contributed by atoms with Crippen molar-refractivity contribution >= 4 is 21.4 Å². The van der Waals surface area contributed by atoms with Crippen LogP contribution in [0.3, 0.4) is 0 Å². The number of nitrogens with one attached hydrogen (secondary N) is 1. The fourth-order valence-corrected chi connectivity index (χ4v) is 3.94. The molecule has 5 heteroatoms. The highest BCUT2D eigenvalue weighted by atomic mass is 32.2. The van der Waals surface area contributed by atoms with Crippen LogP contribution < -0.4 is 4.72 Å². The lowest BCUT2D eigenvalue weighted by molar-refractivity contribution is 0.575. The third-order valence-corrected chi connectivity index (χ3v) is 5.76. The molecule has 0 radical (unpaired) electrons. The molecule has 1 N–H and O–H groups in total. The zero-order valence-corrected chi connectivity index (χ0v) is 12.2. The summed E-state index contributed by atoms with van der Waals surface area (Å²) in [5.41, 5.74) is 0. The van der Waals surface area contributed by atoms with Gasteiger partial charge in [0.1, 0.15) is 4.21 Å². The number of hydrogen-bond acceptors (Lipinski definition) is 3. The second-order valence-corrected chi connectivity index (χ2v) is 7.19. The molecule has 0 aliphatic rings. The minimum Gasteiger partial charge on any atom is -0.210 e. The van der Waals surface area contributed by atoms with Crippen molar-refractivity contribution in [2.45, 2.75) is 50.2 Å². The minimum atomic E-state index is -3.27. The fourth-order valence-electron chi connectivity index (χ4n) is 1.52. The molecule has 0 aliphatic heterocycles. The van der Waals surface area contributed by atoms with Gasteiger partial charge < -0.3 is 0 Å². The molecule has 0 bridgehead atoms. The standard InChI is InChI=1S/C12H21NO2S2/c1-3-5-6-7-10-13-17(14,15)12-9-8-11(4-2)16-12/h8-9,13H,3-7,10H2,1-2H3. The van der Waals surface area contributed by atoms with Crippen molar-refractivity contribution in [2.75, 3.05) is 6.54 Å². The first-order chi connectivity index (χ1) is 8.10. The molecule has 0 atom stereocenters. The second kappa shape index (κ2) is 7.13. The minimum absolute atomic E-state index is 0.435. The summed E-state index contributed by atoms with van der Waals surface area (Å²) >= 11 is 1.36. The predicted molar refractivity (Wildman–Crippen MR) is 73.0 cm³/mol. The van der Waals surface area contributed by atoms with Gasteiger partial charge in [-0.1, -0.05) is 33.1 Å². The first kappa shape index (κ1) is 14.7. The number of hydrogen-bond donors (Lipinski definition) is 1. The molecule has 1 aromatic heterocycles. The van der Waals surface area contributed by atoms with Crippen LogP contribution in [0.2, 0.25) is 0 Å². The summed E-state index contributed by atoms with van der Waals surface area (Å²) in [6, 6.07) is 3.58. The molecule has 0 saturated carbocycles. The molecule has 0 amide bonds. The Labute approximate surface area is 108 Å². The van der Waals surface area contributed by atoms with Crippen LogP contribution >= 0.6 is 11.3 Å². The van der Waals surface area contributed by atoms with Crippen molar-refractivity contribution in [1.82, 2.24) is 4.72 Å². The van der Waals surface area contributed by atoms with Gasteiger partial charge >= 0.3 is 0 Å². The summed E-state index contributed by atoms with van der Waals surface area (Å²) in [5.74, 6) is 0. The van der Waals surface area contributed by atoms with E-state index in [9.17, 15) is 8.42 Å². The molecule has 0 spiro atoms. The van der Waals surface area contributed by atoms with Gasteiger partial charge in [0.15, 0.2) is 0 Å². The van der Waals surface area contributed by atoms with Crippen LogP contribution in [0.4, 0.5) is 0 Å². The lowest BCUT2D eigenvalue weighted by Crippen LogP contribution is -2.23. The number of aryl methyl sites for hydroxylation is 1. The van der Waals surface area contributed by atoms with Crippen molar-refractivity contribution in [2.24, 2.45) is 0 Å². The van der Waals surface area contributed by atoms with E-state index >= 15 is 0 Å². The maximum Gasteiger partial charge on any atom is 0.250 e. The topological polar surface area (TPSA) is 46.2 Å². The molecule has 0 aromatic carbocycles. The molecule has 0 fully saturated rings. The highest BCUT2D eigenvalue weighted by Crippen LogP contribution is 2.21. The van der Waals surface area contributed by atoms with Gasteiger partial charge in [-0.3, -0.25) is 0 Å². The summed E-state index contributed by atoms with van der Waals surface area (Å²) in [7, 11) is -3.27. The van der Waals surface area contributed by atoms with Crippen molar-refractivity contribution in [3.63, 3.8) is 0 Å². The van der Waals surface area contributed by atoms with Crippen molar-refractivity contribution < 1.29 is 8.42 Å². The van der Waals surface area contributed by atoms with E-state index in [0.717, 1.165) is 30.6 Å². The van der Waals surface area contributed by atoms with Gasteiger partial charge in [-0.25, -0.2) is 13.1 Å². The fraction of sp³-hybridized carbons (Fsp3) is 0.667. The quantitative estimate of drug-likeness (QED) is 0.741. The summed E-state index contributed by atoms with van der Waals surface area (Å²) in [6.07, 6.45) is 5.22. The summed E-state index contributed by atoms with van der Waals surface area (Å²) < 4.78 is 26.9. The van der Waals surface area contributed by atoms with E-state index in [4.69, 9.17) is 0 Å². The maximum absolute atomic E-state index is 11.9. The van der Waals surface area contributed by atoms with E-state index in [1.165, 1.54) is 17.8 Å². The molecule has 3 nitrogen and oxygen atoms in total. The van der Waals surface area contributed by atoms with E-state index in [0.29, 0.717) is 10.8 Å². The first-order valence-corrected chi connectivity index (χ1v) is 8.48. The largest absolute Gasteiger partial charge is 0.250 e. The smallest absolute Gasteiger partial charge is 0.210 e. The Morgan fingerprint density at radius 1 is 1.18 bits per heavy atom. The Hall–Kier alpha value is -0.390. The summed E-state index contributed by atoms with van der Waals surface area (Å²) in [5, 5.41) is 0. The monoisotopic (exact) mass is 275 g/mol. The molecule has 0 saturated heterocycles. The number of unbranched alkanes of at least 4 members (excludes halogenated alkanes) is 3. The maximum atomic E-state index is 11.9. The third-order valence-electron chi connectivity index (χ3n) is 2.57. The second-order valence-electron chi connectivity index (χ2n) is 4.03. The van der Waals surface area contributed by atoms with Gasteiger partial charge in [-0.05, 0) is 25.0 Å². The van der Waals surface area contributed by atoms with Crippen LogP contribution in [0.5, 0.6) is 0 Å². The van der Waals surface area contributed by atoms with Crippen LogP contribution in [0.15, 0.2) is 16.3 Å². The van der Waals surface area contributed by atoms with Crippen LogP contribution in [0.1, 0.15) is 44.4 Å². The molecule has 17 heavy (non-hydrogen) atoms. The lowest BCUT2D eigenvalue weighted by atomic mass is 10.2. The van der Waals surface area contributed by atoms with Gasteiger partial charge in [0.2, 0.25) is 10.0 Å². The summed E-state index contributed by atoms with van der Waals surface area (Å²) in [4.78, 5) is 1.11. The number of thiophene rings is 1. The highest BCUT2D eigenvalue weighted by molar-refractivity contribution is 7.91. The average Bonchev–Trinajstić information content (AvgIpc) is 2.78. The van der Waals surface area contributed by atoms with Gasteiger partial charge in [0.05, 0.1) is 0 Å². The van der Waals surface area contributed by atoms with Crippen LogP contribution in [-0.4, -0.2) is 15.0 Å². The Morgan fingerprint density at radius 3 is 2.53 bits per heavy atom. The molecule has 1 heterocycles. The molecule has 1 aromatic rings. The van der Waals surface area contributed by atoms with E-state index in [-0.39, 0.29) is 0 Å². The summed E-state index contributed by atoms with van der Waals surface area (Å²) in [6.45, 7) is 4.71. The van der Waals surface area contributed by atoms with Crippen LogP contribution in [0, 0.1) is 0 Å². The van der Waals surface area contributed by atoms with Gasteiger partial charge in [0, 0.05) is 11.4 Å². The van der Waals surface area contributed by atoms with Crippen molar-refractivity contribution in [3.8, 4) is 0 Å². The number of rotatable bonds is 8. The lowest BCUT2D eigenvalue weighted by Gasteiger charge is -2.04. The Bertz CT molecular complexity index is 423. The Morgan fingerprint density at radius 2 is 1.94 bits per heavy atom. The van der Waals surface area contributed by atoms with Gasteiger partial charge in [-0.2, -0.15) is 0 Å². The zero-order valence-electron chi connectivity index (χ0n) is 10.5. The normalized spacial score (nSPS) is 11.9. The van der Waals surface area contributed by atoms with Crippen molar-refractivity contribution in [1.29, 1.82) is 0 Å². The van der Waals surface area contributed by atoms with Crippen LogP contribution in [-0.2, 0) is 16.4 Å². The Kier molecular flexibility index (Phi) is 6.16. The Balaban J connectivity index is 2.45. The van der Waals surface area contributed by atoms with E-state index in [1.54, 1.807) is 6.07 Å². The molecule has 0 aliphatic carbocycles. The first-order valence-electron chi connectivity index (χ1n) is 6.18. The molecule has 98 valence electrons. The van der Waals surface area contributed by atoms with E-state index in [2.05, 4.69) is 11.6 Å². The highest BCUT2D eigenvalue weighted by Gasteiger charge is 2.15. The van der Waals surface area contributed by atoms with Crippen LogP contribution in [0.25, 0.3) is 0 Å². The van der Waals surface area contributed by atoms with Crippen molar-refractivity contribution in [3.05, 3.63) is 17.0 Å². The number of sulfonamides is 1. The molecule has 1 rings (SSSR count). The molecular weight excluding hydrogens is 254 g/mol. The third kappa shape index (κ3) is 4.77. The van der Waals surface area contributed by atoms with Gasteiger partial charge in [-0.15, -0.1) is 11.3 Å². The van der Waals surface area contributed by atoms with Gasteiger partial charge in [0.25, 0.3) is 0 Å². The van der Waals surface area contributed by atoms with E-state index < -0.39 is 10.0 Å². The predicted octanol–water partition coefficient (Wildman–Crippen LogP) is 3.17. The average molecular weight is 275 g/mol. The zero-order chi connectivity index (χ0) is 12.7.